The second kappa shape index (κ2) is 16.5. The minimum atomic E-state index is -0.927. The van der Waals surface area contributed by atoms with Crippen LogP contribution in [-0.4, -0.2) is 105 Å². The van der Waals surface area contributed by atoms with Gasteiger partial charge in [-0.25, -0.2) is 0 Å². The first kappa shape index (κ1) is 37.8. The van der Waals surface area contributed by atoms with Gasteiger partial charge in [0.25, 0.3) is 5.91 Å². The van der Waals surface area contributed by atoms with Crippen LogP contribution < -0.4 is 11.1 Å². The van der Waals surface area contributed by atoms with Crippen molar-refractivity contribution in [1.29, 1.82) is 5.26 Å². The molecule has 0 aromatic heterocycles. The highest BCUT2D eigenvalue weighted by atomic mass is 16.2. The van der Waals surface area contributed by atoms with Gasteiger partial charge in [0.05, 0.1) is 12.0 Å². The number of nitrogens with two attached hydrogens (primary N) is 1. The van der Waals surface area contributed by atoms with Gasteiger partial charge in [-0.2, -0.15) is 5.26 Å². The van der Waals surface area contributed by atoms with Crippen LogP contribution in [0, 0.1) is 29.1 Å². The van der Waals surface area contributed by atoms with Crippen molar-refractivity contribution in [3.8, 4) is 17.9 Å². The molecular weight excluding hydrogens is 699 g/mol. The van der Waals surface area contributed by atoms with Gasteiger partial charge in [0.1, 0.15) is 18.1 Å². The molecule has 7 rings (SSSR count). The van der Waals surface area contributed by atoms with Gasteiger partial charge in [0, 0.05) is 75.1 Å². The molecule has 286 valence electrons. The highest BCUT2D eigenvalue weighted by Gasteiger charge is 2.47. The number of carbonyl (C=O) groups excluding carboxylic acids is 6. The first-order chi connectivity index (χ1) is 26.6. The van der Waals surface area contributed by atoms with E-state index in [1.165, 1.54) is 4.90 Å². The maximum atomic E-state index is 13.9. The number of carbonyl (C=O) groups is 6. The summed E-state index contributed by atoms with van der Waals surface area (Å²) in [5.41, 5.74) is 9.53. The number of amides is 6. The van der Waals surface area contributed by atoms with Gasteiger partial charge < -0.3 is 25.3 Å². The molecule has 2 aromatic carbocycles. The summed E-state index contributed by atoms with van der Waals surface area (Å²) in [6.07, 6.45) is 5.50. The van der Waals surface area contributed by atoms with E-state index in [1.54, 1.807) is 26.8 Å². The van der Waals surface area contributed by atoms with E-state index in [2.05, 4.69) is 23.2 Å². The number of likely N-dealkylation sites (tertiary alicyclic amines) is 1. The van der Waals surface area contributed by atoms with Gasteiger partial charge in [-0.15, -0.1) is 0 Å². The van der Waals surface area contributed by atoms with Gasteiger partial charge in [-0.3, -0.25) is 34.1 Å². The quantitative estimate of drug-likeness (QED) is 0.235. The lowest BCUT2D eigenvalue weighted by atomic mass is 9.90. The predicted molar refractivity (Wildman–Crippen MR) is 200 cm³/mol. The van der Waals surface area contributed by atoms with E-state index in [-0.39, 0.29) is 66.9 Å². The van der Waals surface area contributed by atoms with E-state index in [9.17, 15) is 34.0 Å². The summed E-state index contributed by atoms with van der Waals surface area (Å²) in [4.78, 5) is 84.6. The van der Waals surface area contributed by atoms with Crippen LogP contribution in [0.5, 0.6) is 0 Å². The molecule has 5 aliphatic rings. The summed E-state index contributed by atoms with van der Waals surface area (Å²) in [5.74, 6) is 4.55. The van der Waals surface area contributed by atoms with E-state index in [4.69, 9.17) is 5.73 Å². The third-order valence-corrected chi connectivity index (χ3v) is 11.9. The average Bonchev–Trinajstić information content (AvgIpc) is 3.91. The Hall–Kier alpha value is -5.53. The van der Waals surface area contributed by atoms with Crippen molar-refractivity contribution >= 4 is 35.4 Å². The Morgan fingerprint density at radius 2 is 1.71 bits per heavy atom. The molecule has 0 radical (unpaired) electrons. The molecule has 6 atom stereocenters. The minimum Gasteiger partial charge on any atom is -0.341 e. The number of rotatable bonds is 8. The number of fused-ring (bicyclic) bond motifs is 2. The normalized spacial score (nSPS) is 26.4. The topological polar surface area (TPSA) is 177 Å². The molecule has 4 fully saturated rings. The number of piperidine rings is 1. The van der Waals surface area contributed by atoms with Crippen LogP contribution in [0.3, 0.4) is 0 Å². The molecule has 3 N–H and O–H groups in total. The Balaban J connectivity index is 0.867. The lowest BCUT2D eigenvalue weighted by molar-refractivity contribution is -0.148. The second-order valence-corrected chi connectivity index (χ2v) is 15.3. The SMILES string of the molecule is N#CC1CN(C(=O)[C@@H]2CC[C@@H]3CCN(C(=O)CCCCCC#Cc4cccc5c4CN(C4CCC(=O)NC4=O)C5=O)C[C@H](N)C(=O)N32)CC1c1ccccc1. The molecular formula is C42H47N7O6. The molecule has 5 aliphatic heterocycles. The summed E-state index contributed by atoms with van der Waals surface area (Å²) < 4.78 is 0. The summed E-state index contributed by atoms with van der Waals surface area (Å²) in [6.45, 7) is 1.62. The number of benzene rings is 2. The van der Waals surface area contributed by atoms with E-state index in [1.807, 2.05) is 36.4 Å². The summed E-state index contributed by atoms with van der Waals surface area (Å²) in [6, 6.07) is 15.2. The molecule has 13 nitrogen and oxygen atoms in total. The molecule has 0 spiro atoms. The zero-order valence-electron chi connectivity index (χ0n) is 31.0. The molecule has 6 amide bonds. The fraction of sp³-hybridized carbons (Fsp3) is 0.500. The Morgan fingerprint density at radius 3 is 2.49 bits per heavy atom. The number of nitrogens with zero attached hydrogens (tertiary/aromatic N) is 5. The van der Waals surface area contributed by atoms with E-state index < -0.39 is 24.0 Å². The zero-order valence-corrected chi connectivity index (χ0v) is 31.0. The number of hydrogen-bond donors (Lipinski definition) is 2. The van der Waals surface area contributed by atoms with Crippen molar-refractivity contribution in [1.82, 2.24) is 24.9 Å². The standard InChI is InChI=1S/C42H47N7O6/c43-22-29-23-47(24-32(29)27-10-6-4-7-11-27)42(55)36-17-16-30-20-21-46(26-34(44)41(54)49(30)36)38(51)15-8-3-1-2-5-12-28-13-9-14-31-33(28)25-48(40(31)53)35-18-19-37(50)45-39(35)52/h4,6-7,9-11,13-14,29-30,32,34-36H,1-3,8,15-21,23-26,44H2,(H,45,50,52)/t29?,30-,32?,34+,35?,36+/m1/s1. The second-order valence-electron chi connectivity index (χ2n) is 15.3. The van der Waals surface area contributed by atoms with E-state index in [0.29, 0.717) is 70.1 Å². The summed E-state index contributed by atoms with van der Waals surface area (Å²) in [5, 5.41) is 12.2. The monoisotopic (exact) mass is 745 g/mol. The molecule has 3 unspecified atom stereocenters. The molecule has 13 heteroatoms. The Kier molecular flexibility index (Phi) is 11.3. The van der Waals surface area contributed by atoms with Crippen LogP contribution in [0.15, 0.2) is 48.5 Å². The minimum absolute atomic E-state index is 0.0370. The van der Waals surface area contributed by atoms with Crippen molar-refractivity contribution in [3.05, 3.63) is 70.8 Å². The molecule has 0 aliphatic carbocycles. The maximum Gasteiger partial charge on any atom is 0.255 e. The van der Waals surface area contributed by atoms with Gasteiger partial charge >= 0.3 is 0 Å². The molecule has 55 heavy (non-hydrogen) atoms. The van der Waals surface area contributed by atoms with Crippen molar-refractivity contribution in [2.45, 2.75) is 101 Å². The number of unbranched alkanes of at least 4 members (excludes halogenated alkanes) is 3. The lowest BCUT2D eigenvalue weighted by Crippen LogP contribution is -2.59. The van der Waals surface area contributed by atoms with Gasteiger partial charge in [-0.05, 0) is 61.8 Å². The first-order valence-corrected chi connectivity index (χ1v) is 19.5. The summed E-state index contributed by atoms with van der Waals surface area (Å²) >= 11 is 0. The largest absolute Gasteiger partial charge is 0.341 e. The van der Waals surface area contributed by atoms with Crippen LogP contribution in [0.25, 0.3) is 0 Å². The third kappa shape index (κ3) is 7.85. The summed E-state index contributed by atoms with van der Waals surface area (Å²) in [7, 11) is 0. The van der Waals surface area contributed by atoms with Crippen molar-refractivity contribution < 1.29 is 28.8 Å². The van der Waals surface area contributed by atoms with Crippen LogP contribution in [0.4, 0.5) is 0 Å². The van der Waals surface area contributed by atoms with Crippen molar-refractivity contribution in [2.75, 3.05) is 26.2 Å². The molecule has 2 aromatic rings. The van der Waals surface area contributed by atoms with Crippen molar-refractivity contribution in [3.63, 3.8) is 0 Å². The Labute approximate surface area is 321 Å². The Morgan fingerprint density at radius 1 is 0.891 bits per heavy atom. The first-order valence-electron chi connectivity index (χ1n) is 19.5. The van der Waals surface area contributed by atoms with E-state index >= 15 is 0 Å². The third-order valence-electron chi connectivity index (χ3n) is 11.9. The number of nitriles is 1. The number of imide groups is 1. The van der Waals surface area contributed by atoms with Gasteiger partial charge in [0.15, 0.2) is 0 Å². The fourth-order valence-electron chi connectivity index (χ4n) is 8.92. The van der Waals surface area contributed by atoms with Gasteiger partial charge in [0.2, 0.25) is 29.5 Å². The zero-order chi connectivity index (χ0) is 38.6. The van der Waals surface area contributed by atoms with Crippen molar-refractivity contribution in [2.24, 2.45) is 11.7 Å². The van der Waals surface area contributed by atoms with Crippen LogP contribution in [-0.2, 0) is 30.5 Å². The van der Waals surface area contributed by atoms with Gasteiger partial charge in [-0.1, -0.05) is 54.7 Å². The Bertz CT molecular complexity index is 1970. The fourth-order valence-corrected chi connectivity index (χ4v) is 8.92. The van der Waals surface area contributed by atoms with Crippen LogP contribution >= 0.6 is 0 Å². The highest BCUT2D eigenvalue weighted by Crippen LogP contribution is 2.36. The molecule has 0 bridgehead atoms. The molecule has 0 saturated carbocycles. The highest BCUT2D eigenvalue weighted by molar-refractivity contribution is 6.05. The van der Waals surface area contributed by atoms with Crippen LogP contribution in [0.1, 0.15) is 97.2 Å². The molecule has 5 heterocycles. The predicted octanol–water partition coefficient (Wildman–Crippen LogP) is 2.43. The van der Waals surface area contributed by atoms with E-state index in [0.717, 1.165) is 29.5 Å². The maximum absolute atomic E-state index is 13.9. The average molecular weight is 746 g/mol. The number of hydrogen-bond acceptors (Lipinski definition) is 8. The number of nitrogens with one attached hydrogen (secondary N) is 1. The smallest absolute Gasteiger partial charge is 0.255 e. The van der Waals surface area contributed by atoms with Crippen LogP contribution in [0.2, 0.25) is 0 Å². The lowest BCUT2D eigenvalue weighted by Gasteiger charge is -2.38. The molecule has 4 saturated heterocycles.